The molecule has 1 aliphatic heterocycles. The topological polar surface area (TPSA) is 97.7 Å². The minimum atomic E-state index is -3.97. The number of fused-ring (bicyclic) bond motifs is 1. The van der Waals surface area contributed by atoms with E-state index in [2.05, 4.69) is 11.6 Å². The van der Waals surface area contributed by atoms with Crippen molar-refractivity contribution in [1.82, 2.24) is 9.47 Å². The second-order valence-corrected chi connectivity index (χ2v) is 10.9. The highest BCUT2D eigenvalue weighted by atomic mass is 32.2. The number of carbonyl (C=O) groups excluding carboxylic acids is 1. The number of piperidine rings is 1. The summed E-state index contributed by atoms with van der Waals surface area (Å²) in [6.07, 6.45) is 1.84. The van der Waals surface area contributed by atoms with Gasteiger partial charge >= 0.3 is 4.87 Å². The molecule has 2 aromatic carbocycles. The maximum Gasteiger partial charge on any atom is 0.308 e. The van der Waals surface area contributed by atoms with Crippen LogP contribution in [-0.2, 0) is 16.6 Å². The first-order chi connectivity index (χ1) is 15.7. The van der Waals surface area contributed by atoms with Crippen molar-refractivity contribution in [1.29, 1.82) is 0 Å². The zero-order valence-electron chi connectivity index (χ0n) is 18.8. The molecule has 8 nitrogen and oxygen atoms in total. The molecule has 4 rings (SSSR count). The number of anilines is 1. The quantitative estimate of drug-likeness (QED) is 0.569. The third kappa shape index (κ3) is 4.63. The van der Waals surface area contributed by atoms with Crippen molar-refractivity contribution in [3.05, 3.63) is 51.6 Å². The lowest BCUT2D eigenvalue weighted by Crippen LogP contribution is -2.38. The highest BCUT2D eigenvalue weighted by molar-refractivity contribution is 7.92. The molecular weight excluding hydrogens is 462 g/mol. The number of likely N-dealkylation sites (tertiary alicyclic amines) is 1. The molecule has 1 fully saturated rings. The Balaban J connectivity index is 1.64. The zero-order chi connectivity index (χ0) is 23.8. The number of hydrogen-bond acceptors (Lipinski definition) is 6. The minimum Gasteiger partial charge on any atom is -0.496 e. The first-order valence-corrected chi connectivity index (χ1v) is 13.2. The summed E-state index contributed by atoms with van der Waals surface area (Å²) in [5, 5.41) is 0. The maximum atomic E-state index is 13.1. The summed E-state index contributed by atoms with van der Waals surface area (Å²) in [5.41, 5.74) is 1.34. The van der Waals surface area contributed by atoms with E-state index in [1.807, 2.05) is 6.92 Å². The molecule has 1 saturated heterocycles. The number of nitrogens with one attached hydrogen (secondary N) is 1. The van der Waals surface area contributed by atoms with E-state index >= 15 is 0 Å². The third-order valence-electron chi connectivity index (χ3n) is 6.02. The largest absolute Gasteiger partial charge is 0.496 e. The molecule has 0 unspecified atom stereocenters. The molecule has 1 amide bonds. The number of ether oxygens (including phenoxy) is 1. The Kier molecular flexibility index (Phi) is 6.49. The van der Waals surface area contributed by atoms with Crippen LogP contribution in [-0.4, -0.2) is 44.0 Å². The molecule has 1 aliphatic rings. The van der Waals surface area contributed by atoms with Crippen molar-refractivity contribution >= 4 is 43.2 Å². The standard InChI is InChI=1S/C23H27N3O5S2/c1-4-26-19-7-5-16(13-21(19)32-23(26)28)24-33(29,30)17-6-8-20(31-3)18(14-17)22(27)25-11-9-15(2)10-12-25/h5-8,13-15,24H,4,9-12H2,1-3H3. The fourth-order valence-corrected chi connectivity index (χ4v) is 6.12. The lowest BCUT2D eigenvalue weighted by Gasteiger charge is -2.30. The van der Waals surface area contributed by atoms with E-state index in [-0.39, 0.29) is 21.2 Å². The predicted octanol–water partition coefficient (Wildman–Crippen LogP) is 3.76. The fraction of sp³-hybridized carbons (Fsp3) is 0.391. The van der Waals surface area contributed by atoms with Crippen LogP contribution in [0.25, 0.3) is 10.2 Å². The molecule has 0 saturated carbocycles. The molecule has 0 bridgehead atoms. The van der Waals surface area contributed by atoms with Gasteiger partial charge in [0.1, 0.15) is 5.75 Å². The van der Waals surface area contributed by atoms with Crippen molar-refractivity contribution in [2.75, 3.05) is 24.9 Å². The van der Waals surface area contributed by atoms with Crippen LogP contribution in [0.1, 0.15) is 37.0 Å². The van der Waals surface area contributed by atoms with Gasteiger partial charge in [0.05, 0.1) is 33.5 Å². The van der Waals surface area contributed by atoms with Crippen LogP contribution >= 0.6 is 11.3 Å². The first-order valence-electron chi connectivity index (χ1n) is 10.9. The summed E-state index contributed by atoms with van der Waals surface area (Å²) >= 11 is 1.07. The van der Waals surface area contributed by atoms with Gasteiger partial charge in [0.25, 0.3) is 15.9 Å². The number of thiazole rings is 1. The fourth-order valence-electron chi connectivity index (χ4n) is 4.05. The molecule has 0 spiro atoms. The van der Waals surface area contributed by atoms with Crippen molar-refractivity contribution in [3.8, 4) is 5.75 Å². The number of benzene rings is 2. The molecule has 33 heavy (non-hydrogen) atoms. The average molecular weight is 490 g/mol. The Hall–Kier alpha value is -2.85. The first kappa shape index (κ1) is 23.3. The van der Waals surface area contributed by atoms with Gasteiger partial charge in [0, 0.05) is 19.6 Å². The monoisotopic (exact) mass is 489 g/mol. The number of nitrogens with zero attached hydrogens (tertiary/aromatic N) is 2. The third-order valence-corrected chi connectivity index (χ3v) is 8.34. The molecule has 1 aromatic heterocycles. The number of rotatable bonds is 6. The summed E-state index contributed by atoms with van der Waals surface area (Å²) in [5.74, 6) is 0.671. The van der Waals surface area contributed by atoms with Gasteiger partial charge in [-0.2, -0.15) is 0 Å². The summed E-state index contributed by atoms with van der Waals surface area (Å²) in [6, 6.07) is 9.30. The van der Waals surface area contributed by atoms with Crippen molar-refractivity contribution in [2.45, 2.75) is 38.1 Å². The van der Waals surface area contributed by atoms with Gasteiger partial charge in [-0.3, -0.25) is 18.9 Å². The highest BCUT2D eigenvalue weighted by Gasteiger charge is 2.26. The Morgan fingerprint density at radius 3 is 2.58 bits per heavy atom. The summed E-state index contributed by atoms with van der Waals surface area (Å²) in [4.78, 5) is 26.9. The van der Waals surface area contributed by atoms with E-state index in [4.69, 9.17) is 4.74 Å². The predicted molar refractivity (Wildman–Crippen MR) is 130 cm³/mol. The number of methoxy groups -OCH3 is 1. The minimum absolute atomic E-state index is 0.0311. The molecule has 1 N–H and O–H groups in total. The van der Waals surface area contributed by atoms with Gasteiger partial charge < -0.3 is 9.64 Å². The summed E-state index contributed by atoms with van der Waals surface area (Å²) in [7, 11) is -2.51. The van der Waals surface area contributed by atoms with E-state index in [1.54, 1.807) is 27.7 Å². The SMILES string of the molecule is CCn1c(=O)sc2cc(NS(=O)(=O)c3ccc(OC)c(C(=O)N4CCC(C)CC4)c3)ccc21. The smallest absolute Gasteiger partial charge is 0.308 e. The lowest BCUT2D eigenvalue weighted by atomic mass is 9.98. The molecule has 0 atom stereocenters. The van der Waals surface area contributed by atoms with E-state index in [0.29, 0.717) is 41.7 Å². The van der Waals surface area contributed by atoms with Crippen LogP contribution in [0.4, 0.5) is 5.69 Å². The van der Waals surface area contributed by atoms with Gasteiger partial charge in [-0.25, -0.2) is 8.42 Å². The average Bonchev–Trinajstić information content (AvgIpc) is 3.12. The Morgan fingerprint density at radius 2 is 1.91 bits per heavy atom. The molecule has 2 heterocycles. The van der Waals surface area contributed by atoms with Gasteiger partial charge in [-0.15, -0.1) is 0 Å². The number of aryl methyl sites for hydroxylation is 1. The van der Waals surface area contributed by atoms with E-state index < -0.39 is 10.0 Å². The van der Waals surface area contributed by atoms with Gasteiger partial charge in [-0.05, 0) is 62.1 Å². The van der Waals surface area contributed by atoms with Crippen molar-refractivity contribution < 1.29 is 17.9 Å². The highest BCUT2D eigenvalue weighted by Crippen LogP contribution is 2.28. The van der Waals surface area contributed by atoms with E-state index in [1.165, 1.54) is 25.3 Å². The molecular formula is C23H27N3O5S2. The summed E-state index contributed by atoms with van der Waals surface area (Å²) in [6.45, 7) is 5.87. The van der Waals surface area contributed by atoms with Crippen molar-refractivity contribution in [2.24, 2.45) is 5.92 Å². The normalized spacial score (nSPS) is 15.1. The zero-order valence-corrected chi connectivity index (χ0v) is 20.5. The van der Waals surface area contributed by atoms with Crippen molar-refractivity contribution in [3.63, 3.8) is 0 Å². The van der Waals surface area contributed by atoms with Crippen LogP contribution in [0.5, 0.6) is 5.75 Å². The van der Waals surface area contributed by atoms with Crippen LogP contribution in [0.3, 0.4) is 0 Å². The molecule has 3 aromatic rings. The second-order valence-electron chi connectivity index (χ2n) is 8.24. The lowest BCUT2D eigenvalue weighted by molar-refractivity contribution is 0.0693. The van der Waals surface area contributed by atoms with Crippen LogP contribution in [0.2, 0.25) is 0 Å². The molecule has 176 valence electrons. The Labute approximate surface area is 196 Å². The van der Waals surface area contributed by atoms with Crippen LogP contribution in [0, 0.1) is 5.92 Å². The maximum absolute atomic E-state index is 13.1. The number of carbonyl (C=O) groups is 1. The number of hydrogen-bond donors (Lipinski definition) is 1. The molecule has 10 heteroatoms. The molecule has 0 aliphatic carbocycles. The Bertz CT molecular complexity index is 1350. The van der Waals surface area contributed by atoms with Gasteiger partial charge in [0.15, 0.2) is 0 Å². The number of amides is 1. The van der Waals surface area contributed by atoms with Crippen LogP contribution in [0.15, 0.2) is 46.1 Å². The summed E-state index contributed by atoms with van der Waals surface area (Å²) < 4.78 is 36.5. The second kappa shape index (κ2) is 9.18. The van der Waals surface area contributed by atoms with Crippen LogP contribution < -0.4 is 14.3 Å². The number of aromatic nitrogens is 1. The van der Waals surface area contributed by atoms with E-state index in [9.17, 15) is 18.0 Å². The van der Waals surface area contributed by atoms with Gasteiger partial charge in [-0.1, -0.05) is 18.3 Å². The molecule has 0 radical (unpaired) electrons. The van der Waals surface area contributed by atoms with E-state index in [0.717, 1.165) is 29.7 Å². The Morgan fingerprint density at radius 1 is 1.18 bits per heavy atom. The van der Waals surface area contributed by atoms with Gasteiger partial charge in [0.2, 0.25) is 0 Å². The number of sulfonamides is 1.